The van der Waals surface area contributed by atoms with Crippen LogP contribution in [0.1, 0.15) is 256 Å². The third-order valence-electron chi connectivity index (χ3n) is 17.9. The van der Waals surface area contributed by atoms with Gasteiger partial charge in [0.25, 0.3) is 0 Å². The zero-order chi connectivity index (χ0) is 115. The number of nitrogens with zero attached hydrogens (tertiary/aromatic N) is 6. The molecule has 0 aromatic carbocycles. The number of ether oxygens (including phenoxy) is 19. The van der Waals surface area contributed by atoms with Gasteiger partial charge >= 0.3 is 73.1 Å². The number of hydrogen-bond donors (Lipinski definition) is 19. The Morgan fingerprint density at radius 2 is 0.533 bits per heavy atom. The van der Waals surface area contributed by atoms with E-state index in [9.17, 15) is 88.2 Å². The smallest absolute Gasteiger partial charge is 0.437 e. The lowest BCUT2D eigenvalue weighted by molar-refractivity contribution is -0.310. The first-order valence-electron chi connectivity index (χ1n) is 48.3. The van der Waals surface area contributed by atoms with Crippen molar-refractivity contribution in [2.24, 2.45) is 30.0 Å². The average molecular weight is 2190 g/mol. The highest BCUT2D eigenvalue weighted by Gasteiger charge is 2.58. The summed E-state index contributed by atoms with van der Waals surface area (Å²) in [6.45, 7) is 52.2. The fraction of sp³-hybridized carbons (Fsp3) is 0.806. The van der Waals surface area contributed by atoms with Gasteiger partial charge in [0.2, 0.25) is 35.8 Å². The Bertz CT molecular complexity index is 4730. The number of nitrogens with one attached hydrogen (secondary N) is 12. The van der Waals surface area contributed by atoms with E-state index in [0.29, 0.717) is 0 Å². The van der Waals surface area contributed by atoms with Crippen LogP contribution >= 0.6 is 24.4 Å². The molecule has 0 aromatic rings. The molecule has 1 aliphatic carbocycles. The van der Waals surface area contributed by atoms with E-state index in [2.05, 4.69) is 106 Å². The monoisotopic (exact) mass is 2190 g/mol. The number of thiol groups is 1. The van der Waals surface area contributed by atoms with Crippen LogP contribution in [0.5, 0.6) is 0 Å². The number of aliphatic hydroxyl groups excluding tert-OH is 6. The second kappa shape index (κ2) is 54.8. The summed E-state index contributed by atoms with van der Waals surface area (Å²) in [5.74, 6) is -4.96. The Balaban J connectivity index is 2.44. The van der Waals surface area contributed by atoms with E-state index < -0.39 is 312 Å². The van der Waals surface area contributed by atoms with Gasteiger partial charge in [0.1, 0.15) is 146 Å². The molecule has 3 aliphatic heterocycles. The number of aliphatic imine (C=N–C) groups is 6. The first-order chi connectivity index (χ1) is 68.1. The van der Waals surface area contributed by atoms with Crippen molar-refractivity contribution in [3.8, 4) is 0 Å². The number of thioether (sulfide) groups is 1. The third kappa shape index (κ3) is 53.1. The number of amides is 12. The lowest BCUT2D eigenvalue weighted by Gasteiger charge is -2.49. The van der Waals surface area contributed by atoms with Crippen molar-refractivity contribution >= 4 is 133 Å². The van der Waals surface area contributed by atoms with Gasteiger partial charge < -0.3 is 153 Å². The predicted molar refractivity (Wildman–Crippen MR) is 545 cm³/mol. The topological polar surface area (TPSA) is 720 Å². The number of aliphatic hydroxyl groups is 6. The number of guanidine groups is 6. The molecule has 0 bridgehead atoms. The lowest BCUT2D eigenvalue weighted by Crippen LogP contribution is -2.71. The highest BCUT2D eigenvalue weighted by molar-refractivity contribution is 7.99. The van der Waals surface area contributed by atoms with Gasteiger partial charge in [-0.15, -0.1) is 30.0 Å². The molecule has 12 amide bonds. The quantitative estimate of drug-likeness (QED) is 0.0174. The lowest BCUT2D eigenvalue weighted by atomic mass is 9.83. The highest BCUT2D eigenvalue weighted by atomic mass is 32.2. The Kier molecular flexibility index (Phi) is 48.1. The molecule has 0 radical (unpaired) electrons. The summed E-state index contributed by atoms with van der Waals surface area (Å²) in [5.41, 5.74) is -15.3. The number of hydrogen-bond acceptors (Lipinski definition) is 39. The minimum Gasteiger partial charge on any atom is -0.444 e. The summed E-state index contributed by atoms with van der Waals surface area (Å²) in [4.78, 5) is 192. The summed E-state index contributed by atoms with van der Waals surface area (Å²) in [5, 5.41) is 109. The molecule has 4 fully saturated rings. The van der Waals surface area contributed by atoms with Crippen molar-refractivity contribution in [1.82, 2.24) is 63.8 Å². The van der Waals surface area contributed by atoms with Gasteiger partial charge in [0.15, 0.2) is 18.9 Å². The molecule has 18 N–H and O–H groups in total. The molecule has 12 unspecified atom stereocenters. The maximum atomic E-state index is 14.5. The average Bonchev–Trinajstić information content (AvgIpc) is 0.998. The third-order valence-corrected chi connectivity index (χ3v) is 19.1. The van der Waals surface area contributed by atoms with E-state index in [1.54, 1.807) is 0 Å². The van der Waals surface area contributed by atoms with E-state index in [4.69, 9.17) is 90.0 Å². The van der Waals surface area contributed by atoms with Crippen molar-refractivity contribution in [1.29, 1.82) is 0 Å². The SMILES string of the molecule is CC(C)(C)OC(=O)/N=C(/NCC1O[C@H](O[C@@H]2C(N/C(=N/C(=O)OC(C)(C)C)NC(=O)OC(C)(C)C)C[C@@H](N/C(=N\C(=O)OC(C)(C)C)NC(=O)OC(C)(C)C)C(O)C2O[C@@H]2O[C@H](CSCCOCCS)C(OC3OC(CN/C(=N\C(=O)OC(C)(C)C)NC(=O)OC(C)(C)C)C(O)C(O)C3N/C(=N\C(=O)OC(C)(C)C)NC(=O)OC(C)(C)C)[C@@H]2O)C(N/C(=N/C(=O)OC(C)(C)C)NC(=O)OC(C)(C)C)C(O)[C@@H]1O)NC(=O)OC(C)(C)C. The van der Waals surface area contributed by atoms with Crippen molar-refractivity contribution in [2.75, 3.05) is 43.6 Å². The summed E-state index contributed by atoms with van der Waals surface area (Å²) < 4.78 is 114. The molecule has 57 heteroatoms. The molecule has 4 rings (SSSR count). The van der Waals surface area contributed by atoms with Crippen molar-refractivity contribution < 1.29 is 178 Å². The molecule has 3 heterocycles. The molecule has 0 aromatic heterocycles. The van der Waals surface area contributed by atoms with Gasteiger partial charge in [-0.05, 0) is 256 Å². The normalized spacial score (nSPS) is 24.9. The maximum absolute atomic E-state index is 14.5. The zero-order valence-electron chi connectivity index (χ0n) is 92.5. The van der Waals surface area contributed by atoms with E-state index >= 15 is 0 Å². The van der Waals surface area contributed by atoms with Crippen LogP contribution in [0.2, 0.25) is 0 Å². The summed E-state index contributed by atoms with van der Waals surface area (Å²) >= 11 is 5.37. The summed E-state index contributed by atoms with van der Waals surface area (Å²) in [6, 6.07) is -8.23. The fourth-order valence-corrected chi connectivity index (χ4v) is 14.0. The number of carbonyl (C=O) groups excluding carboxylic acids is 12. The number of rotatable bonds is 21. The van der Waals surface area contributed by atoms with Crippen molar-refractivity contribution in [3.63, 3.8) is 0 Å². The second-order valence-electron chi connectivity index (χ2n) is 46.5. The molecule has 1 saturated carbocycles. The first kappa shape index (κ1) is 132. The predicted octanol–water partition coefficient (Wildman–Crippen LogP) is 7.47. The van der Waals surface area contributed by atoms with Crippen LogP contribution in [0.25, 0.3) is 0 Å². The van der Waals surface area contributed by atoms with Gasteiger partial charge in [0, 0.05) is 30.3 Å². The minimum absolute atomic E-state index is 0.0336. The Morgan fingerprint density at radius 1 is 0.287 bits per heavy atom. The molecule has 4 aliphatic rings. The van der Waals surface area contributed by atoms with Crippen LogP contribution in [0.4, 0.5) is 57.5 Å². The maximum Gasteiger partial charge on any atom is 0.437 e. The van der Waals surface area contributed by atoms with Crippen LogP contribution in [0.15, 0.2) is 30.0 Å². The van der Waals surface area contributed by atoms with Gasteiger partial charge in [-0.1, -0.05) is 0 Å². The van der Waals surface area contributed by atoms with E-state index in [0.717, 1.165) is 11.8 Å². The van der Waals surface area contributed by atoms with Crippen LogP contribution in [0.3, 0.4) is 0 Å². The van der Waals surface area contributed by atoms with Gasteiger partial charge in [-0.2, -0.15) is 24.4 Å². The Morgan fingerprint density at radius 3 is 0.813 bits per heavy atom. The van der Waals surface area contributed by atoms with Crippen molar-refractivity contribution in [2.45, 2.75) is 439 Å². The molecule has 55 nitrogen and oxygen atoms in total. The van der Waals surface area contributed by atoms with Gasteiger partial charge in [-0.25, -0.2) is 57.5 Å². The van der Waals surface area contributed by atoms with Crippen molar-refractivity contribution in [3.05, 3.63) is 0 Å². The van der Waals surface area contributed by atoms with E-state index in [1.165, 1.54) is 249 Å². The Hall–Kier alpha value is -10.6. The molecule has 150 heavy (non-hydrogen) atoms. The standard InChI is InChI=1S/C93H162N18O37S2/c1-82(2,3)137-70(118)100-64(101-71(119)138-83(4,5)6)94-42-47-53(113)55(115)50(98-68(108-78(126)145-90(25,26)27)109-79(127)146-91(28,29)30)61(131-47)134-58-46(97-67(106-76(124)143-88(19,20)21)107-77(125)144-89(22,23)24)41-45(96-66(104-74(122)141-86(13,14)15)105-75(123)142-87(16,17)18)52(112)60(58)136-63-57(117)59(49(133-63)44-150-40-38-130-37-39-149)135-62-51(99-69(110-80(128)147-92(31,32)33)111-81(129)148-93(34,35)36)56(116)54(114)48(132-62)43-95-65(102-72(120)139-84(7,8)9)103-73(121)140-85(10,11)12/h45-63,112-117,149H,37-44H2,1-36H3,(H2,94,100,101,118,119)(H2,95,102,103,120,121)(H2,96,104,105,122,123)(H2,97,106,107,124,125)(H2,98,108,109,126,127)(H2,99,110,111,128,129)/t45-,46?,47?,48?,49-,50?,51?,52?,53-,54?,55?,56?,57+,58-,59?,60?,61-,62?,63+/m1/s1. The van der Waals surface area contributed by atoms with E-state index in [-0.39, 0.29) is 30.5 Å². The highest BCUT2D eigenvalue weighted by Crippen LogP contribution is 2.38. The van der Waals surface area contributed by atoms with Crippen LogP contribution in [-0.4, -0.2) is 367 Å². The minimum atomic E-state index is -2.46. The largest absolute Gasteiger partial charge is 0.444 e. The van der Waals surface area contributed by atoms with Crippen LogP contribution in [0, 0.1) is 0 Å². The number of carbonyl (C=O) groups is 12. The summed E-state index contributed by atoms with van der Waals surface area (Å²) in [6.07, 6.45) is -50.1. The van der Waals surface area contributed by atoms with Crippen LogP contribution in [-0.2, 0) is 90.0 Å². The van der Waals surface area contributed by atoms with Crippen LogP contribution < -0.4 is 63.8 Å². The fourth-order valence-electron chi connectivity index (χ4n) is 13.0. The molecule has 19 atom stereocenters. The number of alkyl carbamates (subject to hydrolysis) is 6. The molecule has 858 valence electrons. The summed E-state index contributed by atoms with van der Waals surface area (Å²) in [7, 11) is 0. The first-order valence-corrected chi connectivity index (χ1v) is 50.1. The van der Waals surface area contributed by atoms with E-state index in [1.807, 2.05) is 0 Å². The molecular formula is C93H162N18O37S2. The molecule has 0 spiro atoms. The molecular weight excluding hydrogens is 2030 g/mol. The second-order valence-corrected chi connectivity index (χ2v) is 48.1. The van der Waals surface area contributed by atoms with Gasteiger partial charge in [0.05, 0.1) is 31.4 Å². The molecule has 3 saturated heterocycles. The zero-order valence-corrected chi connectivity index (χ0v) is 94.2. The van der Waals surface area contributed by atoms with Gasteiger partial charge in [-0.3, -0.25) is 31.9 Å². The Labute approximate surface area is 883 Å².